The molecule has 3 aromatic heterocycles. The summed E-state index contributed by atoms with van der Waals surface area (Å²) in [7, 11) is 0. The molecule has 12 heteroatoms. The molecular formula is C20H20F5N7. The van der Waals surface area contributed by atoms with Crippen LogP contribution in [0.3, 0.4) is 0 Å². The van der Waals surface area contributed by atoms with Crippen molar-refractivity contribution in [2.24, 2.45) is 11.8 Å². The van der Waals surface area contributed by atoms with E-state index >= 15 is 0 Å². The van der Waals surface area contributed by atoms with Crippen LogP contribution in [0.15, 0.2) is 30.9 Å². The monoisotopic (exact) mass is 453 g/mol. The van der Waals surface area contributed by atoms with Crippen LogP contribution in [0.1, 0.15) is 12.0 Å². The minimum absolute atomic E-state index is 0.109. The van der Waals surface area contributed by atoms with Gasteiger partial charge in [-0.1, -0.05) is 0 Å². The number of hydrogen-bond donors (Lipinski definition) is 0. The van der Waals surface area contributed by atoms with Crippen molar-refractivity contribution in [3.63, 3.8) is 0 Å². The molecule has 5 rings (SSSR count). The summed E-state index contributed by atoms with van der Waals surface area (Å²) in [4.78, 5) is 16.5. The van der Waals surface area contributed by atoms with Gasteiger partial charge in [0.1, 0.15) is 17.9 Å². The summed E-state index contributed by atoms with van der Waals surface area (Å²) in [5.74, 6) is 0.963. The number of fused-ring (bicyclic) bond motifs is 2. The van der Waals surface area contributed by atoms with Crippen molar-refractivity contribution < 1.29 is 22.0 Å². The van der Waals surface area contributed by atoms with Gasteiger partial charge in [-0.05, 0) is 24.3 Å². The van der Waals surface area contributed by atoms with E-state index in [2.05, 4.69) is 20.1 Å². The highest BCUT2D eigenvalue weighted by molar-refractivity contribution is 5.71. The standard InChI is InChI=1S/C20H20F5N7/c21-17(22)11-32-19-15(5-28-32)27-7-18(29-19)30-4-2-12-8-31(10-13(12)9-30)16-6-26-3-1-14(16)20(23,24)25/h1,3,5-7,12-13,17H,2,4,8-11H2/t12-,13?/m1/s1. The third-order valence-electron chi connectivity index (χ3n) is 6.21. The van der Waals surface area contributed by atoms with Crippen LogP contribution < -0.4 is 9.80 Å². The number of aromatic nitrogens is 5. The zero-order valence-electron chi connectivity index (χ0n) is 16.9. The van der Waals surface area contributed by atoms with Crippen LogP contribution in [-0.4, -0.2) is 57.3 Å². The summed E-state index contributed by atoms with van der Waals surface area (Å²) in [6, 6.07) is 1.01. The Bertz CT molecular complexity index is 1120. The average Bonchev–Trinajstić information content (AvgIpc) is 3.36. The van der Waals surface area contributed by atoms with Crippen LogP contribution in [0.2, 0.25) is 0 Å². The lowest BCUT2D eigenvalue weighted by Gasteiger charge is -2.34. The highest BCUT2D eigenvalue weighted by Crippen LogP contribution is 2.40. The fourth-order valence-electron chi connectivity index (χ4n) is 4.71. The Kier molecular flexibility index (Phi) is 5.09. The van der Waals surface area contributed by atoms with Crippen molar-refractivity contribution in [2.75, 3.05) is 36.0 Å². The maximum atomic E-state index is 13.4. The predicted molar refractivity (Wildman–Crippen MR) is 107 cm³/mol. The molecule has 2 aliphatic heterocycles. The van der Waals surface area contributed by atoms with E-state index in [1.54, 1.807) is 11.1 Å². The number of anilines is 2. The lowest BCUT2D eigenvalue weighted by Crippen LogP contribution is -2.40. The second-order valence-corrected chi connectivity index (χ2v) is 8.21. The first-order valence-corrected chi connectivity index (χ1v) is 10.3. The van der Waals surface area contributed by atoms with Crippen molar-refractivity contribution in [3.05, 3.63) is 36.4 Å². The SMILES string of the molecule is FC(F)Cn1ncc2ncc(N3CC[C@@H]4CN(c5cnccc5C(F)(F)F)CC4C3)nc21. The van der Waals surface area contributed by atoms with Gasteiger partial charge in [0.05, 0.1) is 29.8 Å². The molecule has 2 saturated heterocycles. The van der Waals surface area contributed by atoms with E-state index in [-0.39, 0.29) is 17.5 Å². The Hall–Kier alpha value is -3.05. The Balaban J connectivity index is 1.35. The van der Waals surface area contributed by atoms with Crippen molar-refractivity contribution in [2.45, 2.75) is 25.6 Å². The number of pyridine rings is 1. The molecule has 32 heavy (non-hydrogen) atoms. The lowest BCUT2D eigenvalue weighted by atomic mass is 9.89. The van der Waals surface area contributed by atoms with Crippen molar-refractivity contribution in [1.82, 2.24) is 24.7 Å². The summed E-state index contributed by atoms with van der Waals surface area (Å²) >= 11 is 0. The summed E-state index contributed by atoms with van der Waals surface area (Å²) in [6.07, 6.45) is -0.776. The van der Waals surface area contributed by atoms with E-state index in [0.717, 1.165) is 23.4 Å². The quantitative estimate of drug-likeness (QED) is 0.564. The maximum Gasteiger partial charge on any atom is 0.418 e. The number of rotatable bonds is 4. The number of nitrogens with zero attached hydrogens (tertiary/aromatic N) is 7. The van der Waals surface area contributed by atoms with E-state index in [1.165, 1.54) is 12.4 Å². The highest BCUT2D eigenvalue weighted by Gasteiger charge is 2.41. The summed E-state index contributed by atoms with van der Waals surface area (Å²) in [5.41, 5.74) is 0.167. The lowest BCUT2D eigenvalue weighted by molar-refractivity contribution is -0.137. The molecule has 0 N–H and O–H groups in total. The first-order chi connectivity index (χ1) is 15.3. The van der Waals surface area contributed by atoms with Crippen LogP contribution in [-0.2, 0) is 12.7 Å². The first-order valence-electron chi connectivity index (χ1n) is 10.3. The smallest absolute Gasteiger partial charge is 0.369 e. The fraction of sp³-hybridized carbons (Fsp3) is 0.500. The van der Waals surface area contributed by atoms with Gasteiger partial charge < -0.3 is 9.80 Å². The number of halogens is 5. The number of piperidine rings is 1. The average molecular weight is 453 g/mol. The van der Waals surface area contributed by atoms with Crippen LogP contribution in [0.4, 0.5) is 33.5 Å². The molecule has 0 saturated carbocycles. The van der Waals surface area contributed by atoms with Gasteiger partial charge in [-0.25, -0.2) is 23.4 Å². The van der Waals surface area contributed by atoms with Crippen LogP contribution in [0.5, 0.6) is 0 Å². The minimum Gasteiger partial charge on any atom is -0.369 e. The minimum atomic E-state index is -4.44. The van der Waals surface area contributed by atoms with Crippen molar-refractivity contribution in [3.8, 4) is 0 Å². The van der Waals surface area contributed by atoms with Gasteiger partial charge in [-0.15, -0.1) is 0 Å². The number of hydrogen-bond acceptors (Lipinski definition) is 6. The molecule has 2 fully saturated rings. The third-order valence-corrected chi connectivity index (χ3v) is 6.21. The molecule has 0 bridgehead atoms. The largest absolute Gasteiger partial charge is 0.418 e. The second kappa shape index (κ2) is 7.82. The Labute approximate surface area is 179 Å². The Morgan fingerprint density at radius 2 is 1.81 bits per heavy atom. The summed E-state index contributed by atoms with van der Waals surface area (Å²) in [5, 5.41) is 3.94. The molecule has 1 unspecified atom stereocenters. The van der Waals surface area contributed by atoms with E-state index in [1.807, 2.05) is 4.90 Å². The van der Waals surface area contributed by atoms with Gasteiger partial charge in [0.2, 0.25) is 0 Å². The molecule has 170 valence electrons. The first kappa shape index (κ1) is 20.8. The molecule has 2 aliphatic rings. The van der Waals surface area contributed by atoms with Gasteiger partial charge in [0, 0.05) is 32.4 Å². The molecule has 0 spiro atoms. The molecule has 3 aromatic rings. The maximum absolute atomic E-state index is 13.4. The normalized spacial score (nSPS) is 21.6. The van der Waals surface area contributed by atoms with Crippen molar-refractivity contribution in [1.29, 1.82) is 0 Å². The number of alkyl halides is 5. The predicted octanol–water partition coefficient (Wildman–Crippen LogP) is 3.47. The van der Waals surface area contributed by atoms with Gasteiger partial charge in [-0.3, -0.25) is 4.98 Å². The van der Waals surface area contributed by atoms with Crippen molar-refractivity contribution >= 4 is 22.7 Å². The summed E-state index contributed by atoms with van der Waals surface area (Å²) < 4.78 is 67.1. The Morgan fingerprint density at radius 1 is 1.03 bits per heavy atom. The summed E-state index contributed by atoms with van der Waals surface area (Å²) in [6.45, 7) is 1.73. The molecule has 0 aromatic carbocycles. The molecule has 5 heterocycles. The van der Waals surface area contributed by atoms with E-state index in [0.29, 0.717) is 43.2 Å². The van der Waals surface area contributed by atoms with Crippen LogP contribution >= 0.6 is 0 Å². The van der Waals surface area contributed by atoms with E-state index in [4.69, 9.17) is 0 Å². The molecular weight excluding hydrogens is 433 g/mol. The molecule has 0 radical (unpaired) electrons. The molecule has 2 atom stereocenters. The zero-order chi connectivity index (χ0) is 22.5. The Morgan fingerprint density at radius 3 is 2.59 bits per heavy atom. The van der Waals surface area contributed by atoms with Gasteiger partial charge in [-0.2, -0.15) is 18.3 Å². The van der Waals surface area contributed by atoms with Gasteiger partial charge in [0.25, 0.3) is 6.43 Å². The van der Waals surface area contributed by atoms with Crippen LogP contribution in [0, 0.1) is 11.8 Å². The molecule has 0 amide bonds. The molecule has 0 aliphatic carbocycles. The fourth-order valence-corrected chi connectivity index (χ4v) is 4.71. The second-order valence-electron chi connectivity index (χ2n) is 8.21. The highest BCUT2D eigenvalue weighted by atomic mass is 19.4. The van der Waals surface area contributed by atoms with E-state index in [9.17, 15) is 22.0 Å². The molecule has 7 nitrogen and oxygen atoms in total. The van der Waals surface area contributed by atoms with E-state index < -0.39 is 24.7 Å². The third kappa shape index (κ3) is 3.82. The zero-order valence-corrected chi connectivity index (χ0v) is 16.9. The topological polar surface area (TPSA) is 63.0 Å². The van der Waals surface area contributed by atoms with Gasteiger partial charge in [0.15, 0.2) is 5.65 Å². The van der Waals surface area contributed by atoms with Crippen LogP contribution in [0.25, 0.3) is 11.2 Å². The van der Waals surface area contributed by atoms with Gasteiger partial charge >= 0.3 is 6.18 Å².